The molecule has 3 aromatic rings. The highest BCUT2D eigenvalue weighted by Crippen LogP contribution is 2.29. The molecule has 6 nitrogen and oxygen atoms in total. The van der Waals surface area contributed by atoms with E-state index < -0.39 is 0 Å². The molecule has 1 N–H and O–H groups in total. The first kappa shape index (κ1) is 20.3. The predicted octanol–water partition coefficient (Wildman–Crippen LogP) is 3.44. The number of hydrogen-bond acceptors (Lipinski definition) is 4. The van der Waals surface area contributed by atoms with Crippen molar-refractivity contribution < 1.29 is 4.79 Å². The number of piperazine rings is 1. The number of aryl methyl sites for hydroxylation is 1. The molecule has 2 aromatic carbocycles. The molecule has 1 unspecified atom stereocenters. The molecule has 0 bridgehead atoms. The molecule has 8 heteroatoms. The van der Waals surface area contributed by atoms with Crippen LogP contribution in [0.2, 0.25) is 5.02 Å². The Morgan fingerprint density at radius 1 is 1.18 bits per heavy atom. The normalized spacial score (nSPS) is 16.5. The monoisotopic (exact) mass is 417 g/mol. The van der Waals surface area contributed by atoms with E-state index in [-0.39, 0.29) is 24.4 Å². The van der Waals surface area contributed by atoms with Crippen molar-refractivity contribution in [2.24, 2.45) is 0 Å². The van der Waals surface area contributed by atoms with Crippen molar-refractivity contribution in [3.63, 3.8) is 0 Å². The number of amides is 1. The third-order valence-electron chi connectivity index (χ3n) is 4.78. The summed E-state index contributed by atoms with van der Waals surface area (Å²) in [6, 6.07) is 15.4. The zero-order chi connectivity index (χ0) is 18.8. The summed E-state index contributed by atoms with van der Waals surface area (Å²) in [6.07, 6.45) is 1.68. The van der Waals surface area contributed by atoms with Gasteiger partial charge in [0.15, 0.2) is 5.69 Å². The number of carbonyl (C=O) groups excluding carboxylic acids is 1. The van der Waals surface area contributed by atoms with Gasteiger partial charge in [0.1, 0.15) is 0 Å². The minimum absolute atomic E-state index is 0. The van der Waals surface area contributed by atoms with Gasteiger partial charge in [-0.3, -0.25) is 4.79 Å². The van der Waals surface area contributed by atoms with Gasteiger partial charge in [-0.2, -0.15) is 0 Å². The molecule has 146 valence electrons. The Hall–Kier alpha value is -2.41. The summed E-state index contributed by atoms with van der Waals surface area (Å²) in [5, 5.41) is 12.2. The van der Waals surface area contributed by atoms with Gasteiger partial charge in [-0.25, -0.2) is 4.68 Å². The van der Waals surface area contributed by atoms with Gasteiger partial charge in [-0.1, -0.05) is 52.7 Å². The van der Waals surface area contributed by atoms with E-state index in [1.165, 1.54) is 5.56 Å². The Morgan fingerprint density at radius 3 is 2.68 bits per heavy atom. The van der Waals surface area contributed by atoms with Crippen molar-refractivity contribution in [3.8, 4) is 5.69 Å². The summed E-state index contributed by atoms with van der Waals surface area (Å²) in [5.74, 6) is -0.139. The lowest BCUT2D eigenvalue weighted by Gasteiger charge is -2.36. The van der Waals surface area contributed by atoms with Crippen LogP contribution in [0.4, 0.5) is 0 Å². The summed E-state index contributed by atoms with van der Waals surface area (Å²) in [6.45, 7) is 4.01. The second-order valence-corrected chi connectivity index (χ2v) is 7.03. The zero-order valence-electron chi connectivity index (χ0n) is 15.4. The molecular formula is C20H21Cl2N5O. The van der Waals surface area contributed by atoms with Crippen LogP contribution in [-0.2, 0) is 0 Å². The fraction of sp³-hybridized carbons (Fsp3) is 0.250. The minimum atomic E-state index is -0.139. The SMILES string of the molecule is Cc1ccc(-n2cc(C(=O)N3CCNCC3c3ccccc3Cl)nn2)cc1.Cl. The van der Waals surface area contributed by atoms with E-state index in [1.807, 2.05) is 60.4 Å². The van der Waals surface area contributed by atoms with Crippen LogP contribution in [-0.4, -0.2) is 45.4 Å². The smallest absolute Gasteiger partial charge is 0.276 e. The number of halogens is 2. The van der Waals surface area contributed by atoms with E-state index in [9.17, 15) is 4.79 Å². The Bertz CT molecular complexity index is 957. The second kappa shape index (κ2) is 8.73. The molecule has 1 saturated heterocycles. The molecule has 1 aliphatic heterocycles. The van der Waals surface area contributed by atoms with E-state index in [4.69, 9.17) is 11.6 Å². The maximum Gasteiger partial charge on any atom is 0.276 e. The highest BCUT2D eigenvalue weighted by atomic mass is 35.5. The number of nitrogens with zero attached hydrogens (tertiary/aromatic N) is 4. The molecular weight excluding hydrogens is 397 g/mol. The summed E-state index contributed by atoms with van der Waals surface area (Å²) in [4.78, 5) is 15.0. The Balaban J connectivity index is 0.00000225. The molecule has 0 spiro atoms. The molecule has 0 radical (unpaired) electrons. The quantitative estimate of drug-likeness (QED) is 0.708. The standard InChI is InChI=1S/C20H20ClN5O.ClH/c1-14-6-8-15(9-7-14)26-13-18(23-24-26)20(27)25-11-10-22-12-19(25)16-4-2-3-5-17(16)21;/h2-9,13,19,22H,10-12H2,1H3;1H. The number of rotatable bonds is 3. The maximum atomic E-state index is 13.1. The summed E-state index contributed by atoms with van der Waals surface area (Å²) in [7, 11) is 0. The molecule has 1 aromatic heterocycles. The predicted molar refractivity (Wildman–Crippen MR) is 111 cm³/mol. The number of aromatic nitrogens is 3. The van der Waals surface area contributed by atoms with Crippen LogP contribution in [0, 0.1) is 6.92 Å². The van der Waals surface area contributed by atoms with Crippen molar-refractivity contribution in [2.45, 2.75) is 13.0 Å². The van der Waals surface area contributed by atoms with Crippen molar-refractivity contribution in [3.05, 3.63) is 76.6 Å². The van der Waals surface area contributed by atoms with Crippen LogP contribution in [0.15, 0.2) is 54.7 Å². The number of benzene rings is 2. The van der Waals surface area contributed by atoms with Crippen LogP contribution in [0.5, 0.6) is 0 Å². The van der Waals surface area contributed by atoms with Crippen molar-refractivity contribution in [1.29, 1.82) is 0 Å². The lowest BCUT2D eigenvalue weighted by molar-refractivity contribution is 0.0628. The molecule has 0 aliphatic carbocycles. The average Bonchev–Trinajstić information content (AvgIpc) is 3.19. The van der Waals surface area contributed by atoms with Crippen LogP contribution in [0.3, 0.4) is 0 Å². The lowest BCUT2D eigenvalue weighted by atomic mass is 10.0. The van der Waals surface area contributed by atoms with Crippen molar-refractivity contribution in [2.75, 3.05) is 19.6 Å². The van der Waals surface area contributed by atoms with E-state index in [1.54, 1.807) is 10.9 Å². The second-order valence-electron chi connectivity index (χ2n) is 6.62. The highest BCUT2D eigenvalue weighted by molar-refractivity contribution is 6.31. The molecule has 1 aliphatic rings. The Kier molecular flexibility index (Phi) is 6.34. The molecule has 0 saturated carbocycles. The van der Waals surface area contributed by atoms with Crippen LogP contribution >= 0.6 is 24.0 Å². The lowest BCUT2D eigenvalue weighted by Crippen LogP contribution is -2.48. The fourth-order valence-electron chi connectivity index (χ4n) is 3.30. The Morgan fingerprint density at radius 2 is 1.93 bits per heavy atom. The van der Waals surface area contributed by atoms with Gasteiger partial charge >= 0.3 is 0 Å². The minimum Gasteiger partial charge on any atom is -0.328 e. The molecule has 1 atom stereocenters. The van der Waals surface area contributed by atoms with Crippen LogP contribution in [0.1, 0.15) is 27.7 Å². The van der Waals surface area contributed by atoms with E-state index in [0.717, 1.165) is 17.8 Å². The topological polar surface area (TPSA) is 63.1 Å². The van der Waals surface area contributed by atoms with Gasteiger partial charge in [-0.05, 0) is 30.7 Å². The number of hydrogen-bond donors (Lipinski definition) is 1. The summed E-state index contributed by atoms with van der Waals surface area (Å²) >= 11 is 6.37. The van der Waals surface area contributed by atoms with Gasteiger partial charge < -0.3 is 10.2 Å². The van der Waals surface area contributed by atoms with Crippen molar-refractivity contribution >= 4 is 29.9 Å². The summed E-state index contributed by atoms with van der Waals surface area (Å²) < 4.78 is 1.62. The number of carbonyl (C=O) groups is 1. The molecule has 2 heterocycles. The average molecular weight is 418 g/mol. The van der Waals surface area contributed by atoms with Gasteiger partial charge in [0.05, 0.1) is 17.9 Å². The van der Waals surface area contributed by atoms with E-state index in [2.05, 4.69) is 15.6 Å². The first-order valence-electron chi connectivity index (χ1n) is 8.89. The largest absolute Gasteiger partial charge is 0.328 e. The highest BCUT2D eigenvalue weighted by Gasteiger charge is 2.31. The first-order chi connectivity index (χ1) is 13.1. The molecule has 1 amide bonds. The maximum absolute atomic E-state index is 13.1. The van der Waals surface area contributed by atoms with Crippen LogP contribution in [0.25, 0.3) is 5.69 Å². The Labute approximate surface area is 174 Å². The van der Waals surface area contributed by atoms with Gasteiger partial charge in [0, 0.05) is 24.7 Å². The van der Waals surface area contributed by atoms with Gasteiger partial charge in [0.2, 0.25) is 0 Å². The van der Waals surface area contributed by atoms with Crippen LogP contribution < -0.4 is 5.32 Å². The molecule has 28 heavy (non-hydrogen) atoms. The van der Waals surface area contributed by atoms with Crippen molar-refractivity contribution in [1.82, 2.24) is 25.2 Å². The fourth-order valence-corrected chi connectivity index (χ4v) is 3.56. The van der Waals surface area contributed by atoms with E-state index in [0.29, 0.717) is 23.8 Å². The molecule has 4 rings (SSSR count). The summed E-state index contributed by atoms with van der Waals surface area (Å²) in [5.41, 5.74) is 3.30. The number of nitrogens with one attached hydrogen (secondary N) is 1. The molecule has 1 fully saturated rings. The zero-order valence-corrected chi connectivity index (χ0v) is 17.0. The van der Waals surface area contributed by atoms with Gasteiger partial charge in [0.25, 0.3) is 5.91 Å². The van der Waals surface area contributed by atoms with E-state index >= 15 is 0 Å². The van der Waals surface area contributed by atoms with Gasteiger partial charge in [-0.15, -0.1) is 17.5 Å². The third-order valence-corrected chi connectivity index (χ3v) is 5.12. The first-order valence-corrected chi connectivity index (χ1v) is 9.27. The third kappa shape index (κ3) is 4.04.